The van der Waals surface area contributed by atoms with Gasteiger partial charge in [-0.25, -0.2) is 0 Å². The first-order valence-electron chi connectivity index (χ1n) is 4.82. The van der Waals surface area contributed by atoms with Crippen molar-refractivity contribution in [3.8, 4) is 0 Å². The molecular weight excluding hydrogens is 182 g/mol. The van der Waals surface area contributed by atoms with E-state index in [0.717, 1.165) is 0 Å². The van der Waals surface area contributed by atoms with E-state index in [0.29, 0.717) is 13.1 Å². The van der Waals surface area contributed by atoms with E-state index in [1.54, 1.807) is 0 Å². The van der Waals surface area contributed by atoms with Crippen LogP contribution in [0.4, 0.5) is 0 Å². The topological polar surface area (TPSA) is 75.4 Å². The van der Waals surface area contributed by atoms with Gasteiger partial charge in [-0.3, -0.25) is 14.5 Å². The van der Waals surface area contributed by atoms with Crippen molar-refractivity contribution in [2.24, 2.45) is 11.7 Å². The fourth-order valence-electron chi connectivity index (χ4n) is 1.83. The van der Waals surface area contributed by atoms with Crippen LogP contribution in [0.25, 0.3) is 0 Å². The Hall–Kier alpha value is -1.10. The predicted molar refractivity (Wildman–Crippen MR) is 52.4 cm³/mol. The smallest absolute Gasteiger partial charge is 0.235 e. The lowest BCUT2D eigenvalue weighted by Crippen LogP contribution is -2.56. The highest BCUT2D eigenvalue weighted by molar-refractivity contribution is 5.83. The van der Waals surface area contributed by atoms with Gasteiger partial charge in [0.15, 0.2) is 0 Å². The third-order valence-electron chi connectivity index (χ3n) is 2.38. The molecule has 2 amide bonds. The number of nitrogens with one attached hydrogen (secondary N) is 1. The van der Waals surface area contributed by atoms with Crippen molar-refractivity contribution in [2.45, 2.75) is 19.9 Å². The number of piperazine rings is 1. The molecule has 0 aromatic carbocycles. The summed E-state index contributed by atoms with van der Waals surface area (Å²) >= 11 is 0. The number of carbonyl (C=O) groups excluding carboxylic acids is 2. The molecule has 0 spiro atoms. The van der Waals surface area contributed by atoms with Crippen molar-refractivity contribution < 1.29 is 9.59 Å². The quantitative estimate of drug-likeness (QED) is 0.607. The Balaban J connectivity index is 2.67. The summed E-state index contributed by atoms with van der Waals surface area (Å²) in [5, 5.41) is 2.71. The maximum Gasteiger partial charge on any atom is 0.235 e. The summed E-state index contributed by atoms with van der Waals surface area (Å²) in [5.41, 5.74) is 5.30. The lowest BCUT2D eigenvalue weighted by molar-refractivity contribution is -0.130. The van der Waals surface area contributed by atoms with Crippen molar-refractivity contribution in [1.29, 1.82) is 0 Å². The van der Waals surface area contributed by atoms with Gasteiger partial charge in [-0.1, -0.05) is 13.8 Å². The van der Waals surface area contributed by atoms with Gasteiger partial charge in [-0.15, -0.1) is 0 Å². The van der Waals surface area contributed by atoms with Crippen LogP contribution in [0.2, 0.25) is 0 Å². The molecule has 0 bridgehead atoms. The Morgan fingerprint density at radius 2 is 2.21 bits per heavy atom. The van der Waals surface area contributed by atoms with Gasteiger partial charge in [0.25, 0.3) is 0 Å². The van der Waals surface area contributed by atoms with E-state index in [1.807, 2.05) is 18.7 Å². The van der Waals surface area contributed by atoms with Crippen molar-refractivity contribution in [3.05, 3.63) is 0 Å². The minimum atomic E-state index is -0.352. The first kappa shape index (κ1) is 11.0. The van der Waals surface area contributed by atoms with Gasteiger partial charge in [0, 0.05) is 13.1 Å². The summed E-state index contributed by atoms with van der Waals surface area (Å²) in [7, 11) is 0. The third kappa shape index (κ3) is 2.45. The molecule has 1 aliphatic heterocycles. The number of hydrogen-bond donors (Lipinski definition) is 2. The van der Waals surface area contributed by atoms with E-state index in [9.17, 15) is 9.59 Å². The predicted octanol–water partition coefficient (Wildman–Crippen LogP) is -1.07. The first-order chi connectivity index (χ1) is 6.52. The number of nitrogens with two attached hydrogens (primary N) is 1. The molecule has 1 heterocycles. The number of nitrogens with zero attached hydrogens (tertiary/aromatic N) is 1. The van der Waals surface area contributed by atoms with Crippen molar-refractivity contribution in [3.63, 3.8) is 0 Å². The summed E-state index contributed by atoms with van der Waals surface area (Å²) in [6.07, 6.45) is 0. The van der Waals surface area contributed by atoms with Crippen LogP contribution in [-0.2, 0) is 9.59 Å². The van der Waals surface area contributed by atoms with Crippen molar-refractivity contribution in [1.82, 2.24) is 10.2 Å². The second-order valence-corrected chi connectivity index (χ2v) is 3.91. The molecule has 0 saturated carbocycles. The van der Waals surface area contributed by atoms with Crippen LogP contribution in [0.3, 0.4) is 0 Å². The van der Waals surface area contributed by atoms with Gasteiger partial charge in [-0.2, -0.15) is 0 Å². The van der Waals surface area contributed by atoms with E-state index in [2.05, 4.69) is 5.32 Å². The number of amides is 2. The number of primary amides is 1. The molecule has 1 fully saturated rings. The molecule has 80 valence electrons. The summed E-state index contributed by atoms with van der Waals surface area (Å²) in [5.74, 6) is -0.253. The lowest BCUT2D eigenvalue weighted by atomic mass is 10.0. The number of carbonyl (C=O) groups is 2. The zero-order chi connectivity index (χ0) is 10.7. The third-order valence-corrected chi connectivity index (χ3v) is 2.38. The number of hydrogen-bond acceptors (Lipinski definition) is 3. The maximum absolute atomic E-state index is 11.2. The first-order valence-corrected chi connectivity index (χ1v) is 4.82. The standard InChI is InChI=1S/C9H17N3O2/c1-6(2)8(9(10)14)12-4-3-11-7(13)5-12/h6,8H,3-5H2,1-2H3,(H2,10,14)(H,11,13)/t8-/m0/s1. The van der Waals surface area contributed by atoms with E-state index in [1.165, 1.54) is 0 Å². The average Bonchev–Trinajstić information content (AvgIpc) is 2.02. The second kappa shape index (κ2) is 4.41. The largest absolute Gasteiger partial charge is 0.368 e. The van der Waals surface area contributed by atoms with Crippen molar-refractivity contribution >= 4 is 11.8 Å². The monoisotopic (exact) mass is 199 g/mol. The van der Waals surface area contributed by atoms with E-state index in [4.69, 9.17) is 5.73 Å². The van der Waals surface area contributed by atoms with Gasteiger partial charge < -0.3 is 11.1 Å². The van der Waals surface area contributed by atoms with Gasteiger partial charge in [0.05, 0.1) is 12.6 Å². The van der Waals surface area contributed by atoms with Crippen LogP contribution in [0.5, 0.6) is 0 Å². The minimum Gasteiger partial charge on any atom is -0.368 e. The highest BCUT2D eigenvalue weighted by atomic mass is 16.2. The molecule has 1 atom stereocenters. The molecule has 0 aliphatic carbocycles. The summed E-state index contributed by atoms with van der Waals surface area (Å²) in [4.78, 5) is 24.2. The normalized spacial score (nSPS) is 20.6. The Morgan fingerprint density at radius 1 is 1.57 bits per heavy atom. The summed E-state index contributed by atoms with van der Waals surface area (Å²) in [6.45, 7) is 5.42. The lowest BCUT2D eigenvalue weighted by Gasteiger charge is -2.34. The molecular formula is C9H17N3O2. The van der Waals surface area contributed by atoms with E-state index in [-0.39, 0.29) is 30.3 Å². The highest BCUT2D eigenvalue weighted by Crippen LogP contribution is 2.11. The molecule has 1 saturated heterocycles. The Labute approximate surface area is 83.6 Å². The Kier molecular flexibility index (Phi) is 3.46. The SMILES string of the molecule is CC(C)[C@@H](C(N)=O)N1CCNC(=O)C1. The molecule has 1 rings (SSSR count). The van der Waals surface area contributed by atoms with Crippen molar-refractivity contribution in [2.75, 3.05) is 19.6 Å². The van der Waals surface area contributed by atoms with Gasteiger partial charge in [-0.05, 0) is 5.92 Å². The molecule has 14 heavy (non-hydrogen) atoms. The van der Waals surface area contributed by atoms with E-state index < -0.39 is 0 Å². The molecule has 0 unspecified atom stereocenters. The van der Waals surface area contributed by atoms with Gasteiger partial charge >= 0.3 is 0 Å². The maximum atomic E-state index is 11.2. The Morgan fingerprint density at radius 3 is 2.64 bits per heavy atom. The summed E-state index contributed by atoms with van der Waals surface area (Å²) < 4.78 is 0. The van der Waals surface area contributed by atoms with Crippen LogP contribution in [0, 0.1) is 5.92 Å². The average molecular weight is 199 g/mol. The van der Waals surface area contributed by atoms with Crippen LogP contribution in [0.15, 0.2) is 0 Å². The minimum absolute atomic E-state index is 0.0387. The number of rotatable bonds is 3. The fraction of sp³-hybridized carbons (Fsp3) is 0.778. The molecule has 5 heteroatoms. The molecule has 1 aliphatic rings. The molecule has 3 N–H and O–H groups in total. The van der Waals surface area contributed by atoms with Gasteiger partial charge in [0.1, 0.15) is 0 Å². The summed E-state index contributed by atoms with van der Waals surface area (Å²) in [6, 6.07) is -0.332. The Bertz CT molecular complexity index is 240. The van der Waals surface area contributed by atoms with Crippen LogP contribution < -0.4 is 11.1 Å². The van der Waals surface area contributed by atoms with Crippen LogP contribution in [-0.4, -0.2) is 42.4 Å². The van der Waals surface area contributed by atoms with Gasteiger partial charge in [0.2, 0.25) is 11.8 Å². The molecule has 0 aromatic rings. The van der Waals surface area contributed by atoms with Crippen LogP contribution in [0.1, 0.15) is 13.8 Å². The molecule has 5 nitrogen and oxygen atoms in total. The fourth-order valence-corrected chi connectivity index (χ4v) is 1.83. The molecule has 0 aromatic heterocycles. The zero-order valence-corrected chi connectivity index (χ0v) is 8.62. The molecule has 0 radical (unpaired) electrons. The highest BCUT2D eigenvalue weighted by Gasteiger charge is 2.30. The van der Waals surface area contributed by atoms with E-state index >= 15 is 0 Å². The van der Waals surface area contributed by atoms with Crippen LogP contribution >= 0.6 is 0 Å². The zero-order valence-electron chi connectivity index (χ0n) is 8.62. The second-order valence-electron chi connectivity index (χ2n) is 3.91.